The molecule has 1 aliphatic rings. The Hall–Kier alpha value is -0.830. The Morgan fingerprint density at radius 1 is 1.41 bits per heavy atom. The second-order valence-corrected chi connectivity index (χ2v) is 5.52. The summed E-state index contributed by atoms with van der Waals surface area (Å²) in [6.07, 6.45) is 9.06. The first-order chi connectivity index (χ1) is 8.21. The zero-order valence-corrected chi connectivity index (χ0v) is 11.4. The van der Waals surface area contributed by atoms with Crippen molar-refractivity contribution in [3.8, 4) is 0 Å². The first kappa shape index (κ1) is 12.6. The van der Waals surface area contributed by atoms with Gasteiger partial charge in [0.25, 0.3) is 0 Å². The molecule has 1 unspecified atom stereocenters. The molecule has 0 saturated heterocycles. The molecular formula is C14H25N3. The lowest BCUT2D eigenvalue weighted by molar-refractivity contribution is 0.339. The summed E-state index contributed by atoms with van der Waals surface area (Å²) in [5.41, 5.74) is 0.437. The third-order valence-electron chi connectivity index (χ3n) is 3.80. The predicted molar refractivity (Wildman–Crippen MR) is 70.9 cm³/mol. The molecule has 3 heteroatoms. The van der Waals surface area contributed by atoms with E-state index in [1.54, 1.807) is 0 Å². The molecule has 0 spiro atoms. The van der Waals surface area contributed by atoms with Crippen LogP contribution >= 0.6 is 0 Å². The Morgan fingerprint density at radius 2 is 2.18 bits per heavy atom. The Morgan fingerprint density at radius 3 is 2.76 bits per heavy atom. The van der Waals surface area contributed by atoms with E-state index in [-0.39, 0.29) is 0 Å². The normalized spacial score (nSPS) is 19.2. The number of nitrogens with one attached hydrogen (secondary N) is 1. The lowest BCUT2D eigenvalue weighted by Crippen LogP contribution is -2.31. The maximum atomic E-state index is 4.59. The lowest BCUT2D eigenvalue weighted by Gasteiger charge is -2.25. The summed E-state index contributed by atoms with van der Waals surface area (Å²) < 4.78 is 2.32. The number of hydrogen-bond donors (Lipinski definition) is 1. The minimum atomic E-state index is 0.434. The average Bonchev–Trinajstić information content (AvgIpc) is 2.89. The van der Waals surface area contributed by atoms with Crippen molar-refractivity contribution in [3.63, 3.8) is 0 Å². The fourth-order valence-corrected chi connectivity index (χ4v) is 2.43. The number of hydrogen-bond acceptors (Lipinski definition) is 2. The van der Waals surface area contributed by atoms with E-state index in [1.165, 1.54) is 31.5 Å². The highest BCUT2D eigenvalue weighted by Gasteiger charge is 2.46. The van der Waals surface area contributed by atoms with E-state index in [0.717, 1.165) is 13.1 Å². The zero-order valence-electron chi connectivity index (χ0n) is 11.4. The molecule has 0 radical (unpaired) electrons. The van der Waals surface area contributed by atoms with E-state index in [1.807, 2.05) is 6.20 Å². The molecule has 1 atom stereocenters. The molecule has 1 heterocycles. The molecule has 17 heavy (non-hydrogen) atoms. The second-order valence-electron chi connectivity index (χ2n) is 5.52. The van der Waals surface area contributed by atoms with Gasteiger partial charge in [0, 0.05) is 18.9 Å². The van der Waals surface area contributed by atoms with Crippen LogP contribution in [0, 0.1) is 5.41 Å². The molecule has 0 aromatic carbocycles. The van der Waals surface area contributed by atoms with Crippen LogP contribution in [0.15, 0.2) is 12.4 Å². The van der Waals surface area contributed by atoms with Crippen LogP contribution in [-0.4, -0.2) is 16.1 Å². The maximum Gasteiger partial charge on any atom is 0.126 e. The van der Waals surface area contributed by atoms with E-state index in [9.17, 15) is 0 Å². The van der Waals surface area contributed by atoms with Crippen molar-refractivity contribution in [2.75, 3.05) is 6.54 Å². The minimum absolute atomic E-state index is 0.434. The van der Waals surface area contributed by atoms with Crippen molar-refractivity contribution in [3.05, 3.63) is 18.2 Å². The van der Waals surface area contributed by atoms with E-state index < -0.39 is 0 Å². The number of nitrogens with zero attached hydrogens (tertiary/aromatic N) is 2. The summed E-state index contributed by atoms with van der Waals surface area (Å²) in [4.78, 5) is 4.59. The van der Waals surface area contributed by atoms with Crippen LogP contribution in [0.4, 0.5) is 0 Å². The van der Waals surface area contributed by atoms with Gasteiger partial charge in [0.1, 0.15) is 5.82 Å². The van der Waals surface area contributed by atoms with Crippen LogP contribution in [0.1, 0.15) is 58.3 Å². The third kappa shape index (κ3) is 2.71. The first-order valence-electron chi connectivity index (χ1n) is 6.95. The van der Waals surface area contributed by atoms with Gasteiger partial charge in [-0.1, -0.05) is 20.8 Å². The molecule has 1 aromatic heterocycles. The highest BCUT2D eigenvalue weighted by molar-refractivity contribution is 5.10. The highest BCUT2D eigenvalue weighted by atomic mass is 15.1. The van der Waals surface area contributed by atoms with Crippen molar-refractivity contribution >= 4 is 0 Å². The van der Waals surface area contributed by atoms with Gasteiger partial charge < -0.3 is 9.88 Å². The molecule has 2 rings (SSSR count). The monoisotopic (exact) mass is 235 g/mol. The van der Waals surface area contributed by atoms with Crippen LogP contribution in [-0.2, 0) is 6.54 Å². The molecular weight excluding hydrogens is 210 g/mol. The molecule has 1 N–H and O–H groups in total. The van der Waals surface area contributed by atoms with Gasteiger partial charge in [0.2, 0.25) is 0 Å². The molecule has 1 saturated carbocycles. The Bertz CT molecular complexity index is 352. The van der Waals surface area contributed by atoms with Crippen molar-refractivity contribution in [1.29, 1.82) is 0 Å². The van der Waals surface area contributed by atoms with E-state index >= 15 is 0 Å². The quantitative estimate of drug-likeness (QED) is 0.787. The van der Waals surface area contributed by atoms with Crippen LogP contribution in [0.2, 0.25) is 0 Å². The standard InChI is InChI=1S/C14H25N3/c1-4-8-15-12(14(3)6-7-14)13-16-9-11-17(13)10-5-2/h9,11-12,15H,4-8,10H2,1-3H3. The largest absolute Gasteiger partial charge is 0.334 e. The van der Waals surface area contributed by atoms with Crippen LogP contribution < -0.4 is 5.32 Å². The van der Waals surface area contributed by atoms with Crippen molar-refractivity contribution in [1.82, 2.24) is 14.9 Å². The third-order valence-corrected chi connectivity index (χ3v) is 3.80. The fraction of sp³-hybridized carbons (Fsp3) is 0.786. The van der Waals surface area contributed by atoms with Gasteiger partial charge in [0.05, 0.1) is 6.04 Å². The van der Waals surface area contributed by atoms with Crippen molar-refractivity contribution in [2.24, 2.45) is 5.41 Å². The second kappa shape index (κ2) is 5.21. The summed E-state index contributed by atoms with van der Waals surface area (Å²) in [5, 5.41) is 3.69. The molecule has 1 fully saturated rings. The molecule has 0 amide bonds. The zero-order chi connectivity index (χ0) is 12.3. The number of imidazole rings is 1. The summed E-state index contributed by atoms with van der Waals surface area (Å²) in [7, 11) is 0. The van der Waals surface area contributed by atoms with Crippen LogP contribution in [0.5, 0.6) is 0 Å². The average molecular weight is 235 g/mol. The van der Waals surface area contributed by atoms with Gasteiger partial charge in [-0.2, -0.15) is 0 Å². The SMILES string of the molecule is CCCNC(c1nccn1CCC)C1(C)CC1. The Labute approximate surface area is 105 Å². The Kier molecular flexibility index (Phi) is 3.87. The summed E-state index contributed by atoms with van der Waals surface area (Å²) in [6.45, 7) is 8.98. The van der Waals surface area contributed by atoms with E-state index in [0.29, 0.717) is 11.5 Å². The van der Waals surface area contributed by atoms with E-state index in [4.69, 9.17) is 0 Å². The molecule has 1 aromatic rings. The number of aryl methyl sites for hydroxylation is 1. The highest BCUT2D eigenvalue weighted by Crippen LogP contribution is 2.54. The van der Waals surface area contributed by atoms with Gasteiger partial charge in [0.15, 0.2) is 0 Å². The topological polar surface area (TPSA) is 29.9 Å². The number of rotatable bonds is 7. The van der Waals surface area contributed by atoms with Crippen molar-refractivity contribution in [2.45, 2.75) is 59.0 Å². The minimum Gasteiger partial charge on any atom is -0.334 e. The number of aromatic nitrogens is 2. The molecule has 1 aliphatic carbocycles. The van der Waals surface area contributed by atoms with Crippen LogP contribution in [0.3, 0.4) is 0 Å². The predicted octanol–water partition coefficient (Wildman–Crippen LogP) is 3.13. The lowest BCUT2D eigenvalue weighted by atomic mass is 9.98. The molecule has 3 nitrogen and oxygen atoms in total. The summed E-state index contributed by atoms with van der Waals surface area (Å²) in [6, 6.07) is 0.434. The van der Waals surface area contributed by atoms with Gasteiger partial charge in [-0.3, -0.25) is 0 Å². The van der Waals surface area contributed by atoms with Gasteiger partial charge in [-0.05, 0) is 37.6 Å². The van der Waals surface area contributed by atoms with Gasteiger partial charge in [-0.15, -0.1) is 0 Å². The van der Waals surface area contributed by atoms with Crippen LogP contribution in [0.25, 0.3) is 0 Å². The van der Waals surface area contributed by atoms with Crippen molar-refractivity contribution < 1.29 is 0 Å². The maximum absolute atomic E-state index is 4.59. The van der Waals surface area contributed by atoms with Gasteiger partial charge in [-0.25, -0.2) is 4.98 Å². The molecule has 0 bridgehead atoms. The Balaban J connectivity index is 2.16. The fourth-order valence-electron chi connectivity index (χ4n) is 2.43. The summed E-state index contributed by atoms with van der Waals surface area (Å²) >= 11 is 0. The molecule has 0 aliphatic heterocycles. The first-order valence-corrected chi connectivity index (χ1v) is 6.95. The molecule has 96 valence electrons. The summed E-state index contributed by atoms with van der Waals surface area (Å²) in [5.74, 6) is 1.24. The smallest absolute Gasteiger partial charge is 0.126 e. The van der Waals surface area contributed by atoms with Gasteiger partial charge >= 0.3 is 0 Å². The van der Waals surface area contributed by atoms with E-state index in [2.05, 4.69) is 41.8 Å².